The predicted octanol–water partition coefficient (Wildman–Crippen LogP) is 4.25. The van der Waals surface area contributed by atoms with Gasteiger partial charge in [-0.3, -0.25) is 9.59 Å². The highest BCUT2D eigenvalue weighted by molar-refractivity contribution is 5.95. The summed E-state index contributed by atoms with van der Waals surface area (Å²) in [5.74, 6) is -1.87. The summed E-state index contributed by atoms with van der Waals surface area (Å²) in [6, 6.07) is 8.96. The van der Waals surface area contributed by atoms with Crippen molar-refractivity contribution in [2.75, 3.05) is 13.1 Å². The molecule has 0 spiro atoms. The van der Waals surface area contributed by atoms with E-state index in [2.05, 4.69) is 5.32 Å². The van der Waals surface area contributed by atoms with Crippen molar-refractivity contribution >= 4 is 11.8 Å². The maximum absolute atomic E-state index is 14.8. The highest BCUT2D eigenvalue weighted by Gasteiger charge is 2.54. The third-order valence-corrected chi connectivity index (χ3v) is 7.38. The highest BCUT2D eigenvalue weighted by atomic mass is 19.4. The van der Waals surface area contributed by atoms with Crippen LogP contribution in [0.3, 0.4) is 0 Å². The highest BCUT2D eigenvalue weighted by Crippen LogP contribution is 2.50. The number of amides is 2. The Hall–Kier alpha value is -2.94. The van der Waals surface area contributed by atoms with Gasteiger partial charge in [0, 0.05) is 30.6 Å². The van der Waals surface area contributed by atoms with Crippen molar-refractivity contribution in [1.82, 2.24) is 10.2 Å². The van der Waals surface area contributed by atoms with E-state index in [1.807, 2.05) is 38.1 Å². The zero-order valence-electron chi connectivity index (χ0n) is 20.4. The van der Waals surface area contributed by atoms with Crippen LogP contribution in [-0.2, 0) is 27.6 Å². The van der Waals surface area contributed by atoms with Gasteiger partial charge in [-0.2, -0.15) is 13.2 Å². The molecule has 0 aromatic heterocycles. The number of nitrogens with one attached hydrogen (secondary N) is 1. The molecule has 0 bridgehead atoms. The normalized spacial score (nSPS) is 19.5. The first-order chi connectivity index (χ1) is 16.8. The van der Waals surface area contributed by atoms with Gasteiger partial charge in [-0.05, 0) is 57.2 Å². The van der Waals surface area contributed by atoms with Gasteiger partial charge in [0.05, 0.1) is 11.0 Å². The fourth-order valence-electron chi connectivity index (χ4n) is 4.74. The summed E-state index contributed by atoms with van der Waals surface area (Å²) in [6.45, 7) is 4.81. The summed E-state index contributed by atoms with van der Waals surface area (Å²) in [5, 5.41) is 2.82. The van der Waals surface area contributed by atoms with E-state index in [1.54, 1.807) is 4.90 Å². The Kier molecular flexibility index (Phi) is 6.90. The van der Waals surface area contributed by atoms with Crippen LogP contribution < -0.4 is 11.1 Å². The van der Waals surface area contributed by atoms with Crippen LogP contribution in [0.15, 0.2) is 42.5 Å². The molecule has 1 saturated heterocycles. The van der Waals surface area contributed by atoms with E-state index in [9.17, 15) is 27.2 Å². The molecule has 0 unspecified atom stereocenters. The minimum Gasteiger partial charge on any atom is -0.343 e. The molecule has 2 aromatic rings. The molecule has 2 aliphatic rings. The first kappa shape index (κ1) is 26.1. The third kappa shape index (κ3) is 5.56. The molecule has 1 heterocycles. The number of carbonyl (C=O) groups is 2. The number of piperidine rings is 1. The van der Waals surface area contributed by atoms with Crippen molar-refractivity contribution < 1.29 is 27.2 Å². The van der Waals surface area contributed by atoms with E-state index in [0.717, 1.165) is 23.3 Å². The van der Waals surface area contributed by atoms with Crippen molar-refractivity contribution in [2.24, 2.45) is 5.73 Å². The Balaban J connectivity index is 1.56. The lowest BCUT2D eigenvalue weighted by Gasteiger charge is -2.38. The SMILES string of the molecule is Cc1ccc(C[C@H](NC(=O)C2(c3ccc(C(F)(F)F)cc3F)CC2)C(=O)N2CCC(C)(N)CC2)cc1. The van der Waals surface area contributed by atoms with Crippen molar-refractivity contribution in [3.8, 4) is 0 Å². The molecule has 36 heavy (non-hydrogen) atoms. The van der Waals surface area contributed by atoms with Crippen LogP contribution in [0.2, 0.25) is 0 Å². The van der Waals surface area contributed by atoms with Gasteiger partial charge in [-0.25, -0.2) is 4.39 Å². The van der Waals surface area contributed by atoms with Gasteiger partial charge in [-0.1, -0.05) is 35.9 Å². The van der Waals surface area contributed by atoms with Crippen LogP contribution in [0.25, 0.3) is 0 Å². The third-order valence-electron chi connectivity index (χ3n) is 7.38. The molecule has 3 N–H and O–H groups in total. The number of alkyl halides is 3. The van der Waals surface area contributed by atoms with Gasteiger partial charge >= 0.3 is 6.18 Å². The molecule has 1 saturated carbocycles. The molecule has 5 nitrogen and oxygen atoms in total. The smallest absolute Gasteiger partial charge is 0.343 e. The molecule has 1 aliphatic carbocycles. The van der Waals surface area contributed by atoms with Crippen LogP contribution in [0.5, 0.6) is 0 Å². The predicted molar refractivity (Wildman–Crippen MR) is 128 cm³/mol. The van der Waals surface area contributed by atoms with E-state index in [0.29, 0.717) is 44.8 Å². The van der Waals surface area contributed by atoms with E-state index in [1.165, 1.54) is 0 Å². The van der Waals surface area contributed by atoms with Gasteiger partial charge in [-0.15, -0.1) is 0 Å². The topological polar surface area (TPSA) is 75.4 Å². The first-order valence-corrected chi connectivity index (χ1v) is 12.1. The summed E-state index contributed by atoms with van der Waals surface area (Å²) in [4.78, 5) is 28.6. The number of likely N-dealkylation sites (tertiary alicyclic amines) is 1. The molecular formula is C27H31F4N3O2. The zero-order valence-corrected chi connectivity index (χ0v) is 20.4. The van der Waals surface area contributed by atoms with E-state index in [4.69, 9.17) is 5.73 Å². The molecule has 2 aromatic carbocycles. The number of carbonyl (C=O) groups excluding carboxylic acids is 2. The summed E-state index contributed by atoms with van der Waals surface area (Å²) in [6.07, 6.45) is -2.59. The van der Waals surface area contributed by atoms with Crippen molar-refractivity contribution in [3.63, 3.8) is 0 Å². The second-order valence-corrected chi connectivity index (χ2v) is 10.5. The summed E-state index contributed by atoms with van der Waals surface area (Å²) < 4.78 is 53.7. The van der Waals surface area contributed by atoms with Gasteiger partial charge in [0.25, 0.3) is 0 Å². The van der Waals surface area contributed by atoms with Crippen LogP contribution in [0, 0.1) is 12.7 Å². The first-order valence-electron chi connectivity index (χ1n) is 12.1. The van der Waals surface area contributed by atoms with Gasteiger partial charge in [0.1, 0.15) is 11.9 Å². The Morgan fingerprint density at radius 2 is 1.67 bits per heavy atom. The average molecular weight is 506 g/mol. The Morgan fingerprint density at radius 1 is 1.06 bits per heavy atom. The second-order valence-electron chi connectivity index (χ2n) is 10.5. The fourth-order valence-corrected chi connectivity index (χ4v) is 4.74. The molecule has 2 fully saturated rings. The van der Waals surface area contributed by atoms with Crippen molar-refractivity contribution in [1.29, 1.82) is 0 Å². The molecule has 194 valence electrons. The zero-order chi connectivity index (χ0) is 26.3. The second kappa shape index (κ2) is 9.50. The molecule has 2 amide bonds. The number of aryl methyl sites for hydroxylation is 1. The molecule has 0 radical (unpaired) electrons. The molecule has 1 aliphatic heterocycles. The van der Waals surface area contributed by atoms with E-state index in [-0.39, 0.29) is 23.4 Å². The summed E-state index contributed by atoms with van der Waals surface area (Å²) >= 11 is 0. The molecule has 4 rings (SSSR count). The molecular weight excluding hydrogens is 474 g/mol. The standard InChI is InChI=1S/C27H31F4N3O2/c1-17-3-5-18(6-4-17)15-22(23(35)34-13-11-25(2,32)12-14-34)33-24(36)26(9-10-26)20-8-7-19(16-21(20)28)27(29,30)31/h3-8,16,22H,9-15,32H2,1-2H3,(H,33,36)/t22-/m0/s1. The molecule has 9 heteroatoms. The quantitative estimate of drug-likeness (QED) is 0.577. The monoisotopic (exact) mass is 505 g/mol. The van der Waals surface area contributed by atoms with Gasteiger partial charge in [0.2, 0.25) is 11.8 Å². The van der Waals surface area contributed by atoms with E-state index >= 15 is 0 Å². The van der Waals surface area contributed by atoms with Crippen LogP contribution >= 0.6 is 0 Å². The number of rotatable bonds is 6. The average Bonchev–Trinajstić information content (AvgIpc) is 3.61. The lowest BCUT2D eigenvalue weighted by molar-refractivity contribution is -0.138. The van der Waals surface area contributed by atoms with Crippen LogP contribution in [-0.4, -0.2) is 41.4 Å². The number of halogens is 4. The van der Waals surface area contributed by atoms with Crippen molar-refractivity contribution in [3.05, 3.63) is 70.5 Å². The van der Waals surface area contributed by atoms with Gasteiger partial charge in [0.15, 0.2) is 0 Å². The number of hydrogen-bond acceptors (Lipinski definition) is 3. The van der Waals surface area contributed by atoms with Crippen LogP contribution in [0.4, 0.5) is 17.6 Å². The van der Waals surface area contributed by atoms with Crippen molar-refractivity contribution in [2.45, 2.75) is 69.1 Å². The summed E-state index contributed by atoms with van der Waals surface area (Å²) in [7, 11) is 0. The largest absolute Gasteiger partial charge is 0.416 e. The van der Waals surface area contributed by atoms with Crippen LogP contribution in [0.1, 0.15) is 54.9 Å². The minimum absolute atomic E-state index is 0.0774. The maximum Gasteiger partial charge on any atom is 0.416 e. The number of nitrogens with two attached hydrogens (primary N) is 1. The molecule has 1 atom stereocenters. The summed E-state index contributed by atoms with van der Waals surface area (Å²) in [5.41, 5.74) is 5.29. The lowest BCUT2D eigenvalue weighted by Crippen LogP contribution is -2.56. The number of hydrogen-bond donors (Lipinski definition) is 2. The minimum atomic E-state index is -4.68. The van der Waals surface area contributed by atoms with Gasteiger partial charge < -0.3 is 16.0 Å². The van der Waals surface area contributed by atoms with E-state index < -0.39 is 34.9 Å². The Bertz CT molecular complexity index is 1130. The number of nitrogens with zero attached hydrogens (tertiary/aromatic N) is 1. The number of benzene rings is 2. The Morgan fingerprint density at radius 3 is 2.19 bits per heavy atom. The Labute approximate surface area is 208 Å². The lowest BCUT2D eigenvalue weighted by atomic mass is 9.90. The maximum atomic E-state index is 14.8. The fraction of sp³-hybridized carbons (Fsp3) is 0.481.